The normalized spacial score (nSPS) is 38.0. The molecular weight excluding hydrogens is 762 g/mol. The van der Waals surface area contributed by atoms with Crippen LogP contribution in [-0.4, -0.2) is 142 Å². The lowest BCUT2D eigenvalue weighted by Gasteiger charge is -2.46. The third-order valence-electron chi connectivity index (χ3n) is 13.4. The monoisotopic (exact) mass is 825 g/mol. The molecule has 4 aliphatic rings. The molecule has 5 heterocycles. The number of pyridine rings is 1. The topological polar surface area (TPSA) is 181 Å². The number of hydrogen-bond donors (Lipinski definition) is 1. The summed E-state index contributed by atoms with van der Waals surface area (Å²) in [6.45, 7) is 13.2. The van der Waals surface area contributed by atoms with E-state index < -0.39 is 89.3 Å². The standard InChI is InChI=1S/C43H63N5O11/c1-23-19-42(7,55-11)37(58-40-35(51)31(46(8)9)18-24(2)56-40)26(4)34(50)27(5)39(52)57-38-28(6)43(38)36(25(3)33(23)49)48(41(53)59-43)17-13-12-16-47-21-30(45-22-47)29-14-15-32(54-10)44-20-29/h14-15,20-28,31,35-38,40,51H,12-13,16-19H2,1-11H3/t23-,24-,25+,26+,27-,28?,31+,35-,36-,37-,38-,40?,42+,43+/m1/s1. The van der Waals surface area contributed by atoms with Crippen LogP contribution in [0.25, 0.3) is 11.3 Å². The zero-order valence-electron chi connectivity index (χ0n) is 36.3. The molecule has 59 heavy (non-hydrogen) atoms. The van der Waals surface area contributed by atoms with Gasteiger partial charge in [0.2, 0.25) is 5.88 Å². The summed E-state index contributed by atoms with van der Waals surface area (Å²) in [6.07, 6.45) is 2.52. The number of aliphatic hydroxyl groups is 1. The molecule has 16 heteroatoms. The van der Waals surface area contributed by atoms with Crippen molar-refractivity contribution in [2.75, 3.05) is 34.9 Å². The minimum absolute atomic E-state index is 0.135. The van der Waals surface area contributed by atoms with Gasteiger partial charge in [0.1, 0.15) is 17.8 Å². The molecular formula is C43H63N5O11. The third kappa shape index (κ3) is 8.52. The molecule has 3 aliphatic heterocycles. The Hall–Kier alpha value is -3.96. The van der Waals surface area contributed by atoms with Gasteiger partial charge in [-0.25, -0.2) is 14.8 Å². The Morgan fingerprint density at radius 3 is 2.32 bits per heavy atom. The van der Waals surface area contributed by atoms with Gasteiger partial charge in [-0.2, -0.15) is 0 Å². The third-order valence-corrected chi connectivity index (χ3v) is 13.4. The molecule has 0 radical (unpaired) electrons. The van der Waals surface area contributed by atoms with Crippen molar-refractivity contribution in [3.05, 3.63) is 30.9 Å². The highest BCUT2D eigenvalue weighted by atomic mass is 16.7. The van der Waals surface area contributed by atoms with Crippen LogP contribution in [0.5, 0.6) is 5.88 Å². The smallest absolute Gasteiger partial charge is 0.410 e. The van der Waals surface area contributed by atoms with Crippen molar-refractivity contribution in [2.24, 2.45) is 29.6 Å². The summed E-state index contributed by atoms with van der Waals surface area (Å²) in [6, 6.07) is 2.66. The van der Waals surface area contributed by atoms with Crippen molar-refractivity contribution >= 4 is 23.6 Å². The summed E-state index contributed by atoms with van der Waals surface area (Å²) in [5.41, 5.74) is -0.885. The highest BCUT2D eigenvalue weighted by Crippen LogP contribution is 2.59. The predicted octanol–water partition coefficient (Wildman–Crippen LogP) is 4.16. The van der Waals surface area contributed by atoms with E-state index in [4.69, 9.17) is 28.4 Å². The molecule has 4 fully saturated rings. The van der Waals surface area contributed by atoms with Crippen molar-refractivity contribution in [3.63, 3.8) is 0 Å². The second-order valence-corrected chi connectivity index (χ2v) is 17.7. The number of carbonyl (C=O) groups is 4. The molecule has 1 saturated carbocycles. The van der Waals surface area contributed by atoms with Gasteiger partial charge in [-0.05, 0) is 66.6 Å². The zero-order valence-corrected chi connectivity index (χ0v) is 36.3. The summed E-state index contributed by atoms with van der Waals surface area (Å²) in [7, 11) is 6.80. The Labute approximate surface area is 347 Å². The number of aromatic nitrogens is 3. The van der Waals surface area contributed by atoms with Crippen LogP contribution in [-0.2, 0) is 44.6 Å². The van der Waals surface area contributed by atoms with E-state index in [0.29, 0.717) is 38.2 Å². The number of amides is 1. The van der Waals surface area contributed by atoms with Gasteiger partial charge in [-0.15, -0.1) is 0 Å². The van der Waals surface area contributed by atoms with Crippen molar-refractivity contribution in [1.82, 2.24) is 24.3 Å². The fourth-order valence-electron chi connectivity index (χ4n) is 9.78. The van der Waals surface area contributed by atoms with Crippen molar-refractivity contribution in [3.8, 4) is 17.1 Å². The largest absolute Gasteiger partial charge is 0.481 e. The number of imidazole rings is 1. The van der Waals surface area contributed by atoms with E-state index in [9.17, 15) is 24.3 Å². The average molecular weight is 826 g/mol. The Balaban J connectivity index is 1.24. The first kappa shape index (κ1) is 44.6. The number of carbonyl (C=O) groups excluding carboxylic acids is 4. The Morgan fingerprint density at radius 2 is 1.68 bits per heavy atom. The van der Waals surface area contributed by atoms with E-state index in [1.807, 2.05) is 56.6 Å². The molecule has 0 aromatic carbocycles. The van der Waals surface area contributed by atoms with Gasteiger partial charge >= 0.3 is 12.1 Å². The lowest BCUT2D eigenvalue weighted by Crippen LogP contribution is -2.59. The van der Waals surface area contributed by atoms with Gasteiger partial charge < -0.3 is 47.9 Å². The van der Waals surface area contributed by atoms with Crippen molar-refractivity contribution in [1.29, 1.82) is 0 Å². The van der Waals surface area contributed by atoms with Gasteiger partial charge in [0, 0.05) is 73.9 Å². The lowest BCUT2D eigenvalue weighted by molar-refractivity contribution is -0.295. The van der Waals surface area contributed by atoms with Crippen molar-refractivity contribution in [2.45, 2.75) is 135 Å². The first-order chi connectivity index (χ1) is 27.9. The first-order valence-electron chi connectivity index (χ1n) is 20.9. The number of aliphatic hydroxyl groups excluding tert-OH is 1. The number of unbranched alkanes of at least 4 members (excludes halogenated alkanes) is 1. The predicted molar refractivity (Wildman–Crippen MR) is 214 cm³/mol. The molecule has 1 N–H and O–H groups in total. The Morgan fingerprint density at radius 1 is 0.966 bits per heavy atom. The zero-order chi connectivity index (χ0) is 43.1. The average Bonchev–Trinajstić information content (AvgIpc) is 3.50. The minimum atomic E-state index is -1.26. The molecule has 2 aromatic heterocycles. The molecule has 326 valence electrons. The molecule has 1 spiro atoms. The maximum atomic E-state index is 14.7. The fraction of sp³-hybridized carbons (Fsp3) is 0.721. The number of esters is 1. The molecule has 0 bridgehead atoms. The molecule has 2 aromatic rings. The summed E-state index contributed by atoms with van der Waals surface area (Å²) < 4.78 is 38.3. The maximum Gasteiger partial charge on any atom is 0.410 e. The molecule has 2 unspecified atom stereocenters. The van der Waals surface area contributed by atoms with Gasteiger partial charge in [-0.3, -0.25) is 14.4 Å². The lowest BCUT2D eigenvalue weighted by atomic mass is 9.75. The van der Waals surface area contributed by atoms with Crippen molar-refractivity contribution < 1.29 is 52.7 Å². The molecule has 6 rings (SSSR count). The highest BCUT2D eigenvalue weighted by Gasteiger charge is 2.78. The molecule has 1 aliphatic carbocycles. The van der Waals surface area contributed by atoms with Crippen LogP contribution in [0.3, 0.4) is 0 Å². The van der Waals surface area contributed by atoms with Gasteiger partial charge in [0.05, 0.1) is 43.0 Å². The van der Waals surface area contributed by atoms with Crippen LogP contribution in [0.15, 0.2) is 30.9 Å². The number of nitrogens with zero attached hydrogens (tertiary/aromatic N) is 5. The van der Waals surface area contributed by atoms with Gasteiger partial charge in [0.15, 0.2) is 23.8 Å². The molecule has 1 amide bonds. The summed E-state index contributed by atoms with van der Waals surface area (Å²) in [4.78, 5) is 68.9. The van der Waals surface area contributed by atoms with Gasteiger partial charge in [0.25, 0.3) is 0 Å². The Bertz CT molecular complexity index is 1840. The quantitative estimate of drug-likeness (QED) is 0.194. The number of aryl methyl sites for hydroxylation is 1. The SMILES string of the molecule is COc1ccc(-c2cn(CCCCN3C(=O)O[C@]45C(C)[C@H]4OC(=O)[C@H](C)C(=O)[C@H](C)[C@@H](OC4O[C@H](C)C[C@H](N(C)C)[C@H]4O)[C@@](C)(OC)C[C@@H](C)C(=O)[C@H](C)[C@@H]35)cn2)cn1. The van der Waals surface area contributed by atoms with Crippen LogP contribution >= 0.6 is 0 Å². The minimum Gasteiger partial charge on any atom is -0.481 e. The number of ketones is 2. The highest BCUT2D eigenvalue weighted by molar-refractivity contribution is 6.00. The number of likely N-dealkylation sites (N-methyl/N-ethyl adjacent to an activating group) is 1. The van der Waals surface area contributed by atoms with E-state index >= 15 is 0 Å². The van der Waals surface area contributed by atoms with Crippen LogP contribution in [0.1, 0.15) is 74.1 Å². The number of rotatable bonds is 11. The molecule has 14 atom stereocenters. The van der Waals surface area contributed by atoms with Gasteiger partial charge in [-0.1, -0.05) is 27.7 Å². The number of Topliss-reactive ketones (excluding diaryl/α,β-unsaturated/α-hetero) is 2. The van der Waals surface area contributed by atoms with Crippen LogP contribution in [0, 0.1) is 29.6 Å². The molecule has 3 saturated heterocycles. The fourth-order valence-corrected chi connectivity index (χ4v) is 9.78. The molecule has 16 nitrogen and oxygen atoms in total. The van der Waals surface area contributed by atoms with Crippen LogP contribution in [0.4, 0.5) is 4.79 Å². The Kier molecular flexibility index (Phi) is 13.3. The van der Waals surface area contributed by atoms with E-state index in [-0.39, 0.29) is 24.3 Å². The van der Waals surface area contributed by atoms with E-state index in [2.05, 4.69) is 9.97 Å². The van der Waals surface area contributed by atoms with Crippen LogP contribution < -0.4 is 4.74 Å². The maximum absolute atomic E-state index is 14.7. The summed E-state index contributed by atoms with van der Waals surface area (Å²) in [5.74, 6) is -4.75. The summed E-state index contributed by atoms with van der Waals surface area (Å²) >= 11 is 0. The number of hydrogen-bond acceptors (Lipinski definition) is 14. The summed E-state index contributed by atoms with van der Waals surface area (Å²) in [5, 5.41) is 11.4. The number of methoxy groups -OCH3 is 2. The van der Waals surface area contributed by atoms with E-state index in [0.717, 1.165) is 11.3 Å². The first-order valence-corrected chi connectivity index (χ1v) is 20.9. The van der Waals surface area contributed by atoms with E-state index in [1.165, 1.54) is 14.0 Å². The second-order valence-electron chi connectivity index (χ2n) is 17.7. The van der Waals surface area contributed by atoms with E-state index in [1.54, 1.807) is 51.4 Å². The second kappa shape index (κ2) is 17.6. The van der Waals surface area contributed by atoms with Crippen LogP contribution in [0.2, 0.25) is 0 Å². The number of ether oxygens (including phenoxy) is 6.